The minimum Gasteiger partial charge on any atom is -0.506 e. The van der Waals surface area contributed by atoms with Gasteiger partial charge in [0, 0.05) is 36.1 Å². The maximum atomic E-state index is 11.8. The van der Waals surface area contributed by atoms with E-state index in [-0.39, 0.29) is 57.9 Å². The largest absolute Gasteiger partial charge is 0.506 e. The third-order valence-electron chi connectivity index (χ3n) is 5.73. The molecular formula is C26H26N2O10. The molecule has 0 aliphatic rings. The van der Waals surface area contributed by atoms with E-state index in [0.29, 0.717) is 36.8 Å². The van der Waals surface area contributed by atoms with Gasteiger partial charge in [0.2, 0.25) is 0 Å². The highest BCUT2D eigenvalue weighted by atomic mass is 16.4. The number of H-pyrrole nitrogens is 2. The summed E-state index contributed by atoms with van der Waals surface area (Å²) in [6.45, 7) is 0.0102. The number of aliphatic hydroxyl groups is 2. The summed E-state index contributed by atoms with van der Waals surface area (Å²) in [4.78, 5) is 50.4. The van der Waals surface area contributed by atoms with Crippen molar-refractivity contribution < 1.29 is 40.2 Å². The van der Waals surface area contributed by atoms with E-state index >= 15 is 0 Å². The molecular weight excluding hydrogens is 500 g/mol. The number of carbonyl (C=O) groups is 2. The number of phenols is 2. The number of nitrogens with one attached hydrogen (secondary N) is 2. The summed E-state index contributed by atoms with van der Waals surface area (Å²) in [5.41, 5.74) is 0.0239. The van der Waals surface area contributed by atoms with E-state index in [2.05, 4.69) is 9.97 Å². The summed E-state index contributed by atoms with van der Waals surface area (Å²) in [5.74, 6) is -2.85. The minimum atomic E-state index is -1.26. The second-order valence-corrected chi connectivity index (χ2v) is 8.39. The highest BCUT2D eigenvalue weighted by molar-refractivity contribution is 5.93. The standard InChI is InChI=1S/2C13H13NO5/c15-5-1-2-7-3-4-8-10(16)6-9(13(18)19)14-11(8)12(7)17;15-3-1-2-7-4-8-10(16)6-9(13(18)19)14-12(8)11(17)5-7/h3-4,6,15,17H,1-2,5H2,(H,14,16)(H,18,19);4-6,15,17H,1-3H2,(H,14,16)(H,18,19). The molecule has 4 aromatic rings. The first-order valence-corrected chi connectivity index (χ1v) is 11.5. The Morgan fingerprint density at radius 2 is 1.26 bits per heavy atom. The SMILES string of the molecule is O=C(O)c1cc(=O)c2cc(CCCO)cc(O)c2[nH]1.O=C(O)c1cc(=O)c2ccc(CCCO)c(O)c2[nH]1. The lowest BCUT2D eigenvalue weighted by Gasteiger charge is -2.08. The lowest BCUT2D eigenvalue weighted by atomic mass is 10.0. The number of aryl methyl sites for hydroxylation is 2. The van der Waals surface area contributed by atoms with Gasteiger partial charge in [0.25, 0.3) is 0 Å². The van der Waals surface area contributed by atoms with Crippen molar-refractivity contribution in [1.29, 1.82) is 0 Å². The third-order valence-corrected chi connectivity index (χ3v) is 5.73. The summed E-state index contributed by atoms with van der Waals surface area (Å²) in [5, 5.41) is 55.7. The molecule has 0 saturated carbocycles. The fourth-order valence-electron chi connectivity index (χ4n) is 3.87. The number of rotatable bonds is 8. The molecule has 38 heavy (non-hydrogen) atoms. The predicted octanol–water partition coefficient (Wildman–Crippen LogP) is 1.71. The molecule has 8 N–H and O–H groups in total. The summed E-state index contributed by atoms with van der Waals surface area (Å²) in [6, 6.07) is 8.15. The molecule has 0 radical (unpaired) electrons. The maximum absolute atomic E-state index is 11.8. The minimum absolute atomic E-state index is 0.0108. The highest BCUT2D eigenvalue weighted by Crippen LogP contribution is 2.27. The number of fused-ring (bicyclic) bond motifs is 2. The van der Waals surface area contributed by atoms with Crippen molar-refractivity contribution in [2.75, 3.05) is 13.2 Å². The van der Waals surface area contributed by atoms with E-state index < -0.39 is 22.8 Å². The van der Waals surface area contributed by atoms with Crippen LogP contribution in [0.2, 0.25) is 0 Å². The second kappa shape index (κ2) is 12.0. The fraction of sp³-hybridized carbons (Fsp3) is 0.231. The first kappa shape index (κ1) is 27.9. The Labute approximate surface area is 214 Å². The Hall–Kier alpha value is -4.68. The number of aromatic nitrogens is 2. The van der Waals surface area contributed by atoms with Gasteiger partial charge in [-0.25, -0.2) is 9.59 Å². The number of aliphatic hydroxyl groups excluding tert-OH is 2. The van der Waals surface area contributed by atoms with Gasteiger partial charge in [-0.05, 0) is 55.0 Å². The van der Waals surface area contributed by atoms with Gasteiger partial charge in [-0.15, -0.1) is 0 Å². The van der Waals surface area contributed by atoms with E-state index in [4.69, 9.17) is 20.4 Å². The van der Waals surface area contributed by atoms with Crippen molar-refractivity contribution >= 4 is 33.7 Å². The van der Waals surface area contributed by atoms with Gasteiger partial charge in [0.15, 0.2) is 10.9 Å². The number of aromatic hydroxyl groups is 2. The first-order chi connectivity index (χ1) is 18.1. The van der Waals surface area contributed by atoms with Gasteiger partial charge in [0.05, 0.1) is 11.0 Å². The highest BCUT2D eigenvalue weighted by Gasteiger charge is 2.14. The summed E-state index contributed by atoms with van der Waals surface area (Å²) >= 11 is 0. The molecule has 0 aliphatic heterocycles. The lowest BCUT2D eigenvalue weighted by Crippen LogP contribution is -2.10. The van der Waals surface area contributed by atoms with Crippen molar-refractivity contribution in [1.82, 2.24) is 9.97 Å². The number of hydrogen-bond donors (Lipinski definition) is 8. The smallest absolute Gasteiger partial charge is 0.352 e. The molecule has 0 saturated heterocycles. The van der Waals surface area contributed by atoms with Gasteiger partial charge in [0.1, 0.15) is 22.9 Å². The Morgan fingerprint density at radius 1 is 0.711 bits per heavy atom. The predicted molar refractivity (Wildman–Crippen MR) is 137 cm³/mol. The van der Waals surface area contributed by atoms with Crippen LogP contribution in [-0.4, -0.2) is 65.8 Å². The first-order valence-electron chi connectivity index (χ1n) is 11.5. The van der Waals surface area contributed by atoms with Crippen molar-refractivity contribution in [3.05, 3.63) is 79.4 Å². The molecule has 2 aromatic carbocycles. The van der Waals surface area contributed by atoms with Crippen LogP contribution in [0.5, 0.6) is 11.5 Å². The number of phenolic OH excluding ortho intramolecular Hbond substituents is 2. The van der Waals surface area contributed by atoms with E-state index in [1.165, 1.54) is 12.1 Å². The Balaban J connectivity index is 0.000000211. The molecule has 0 aliphatic carbocycles. The molecule has 0 bridgehead atoms. The fourth-order valence-corrected chi connectivity index (χ4v) is 3.87. The van der Waals surface area contributed by atoms with Gasteiger partial charge < -0.3 is 40.6 Å². The van der Waals surface area contributed by atoms with Crippen LogP contribution in [0, 0.1) is 0 Å². The Morgan fingerprint density at radius 3 is 1.84 bits per heavy atom. The normalized spacial score (nSPS) is 10.8. The molecule has 2 heterocycles. The van der Waals surface area contributed by atoms with Crippen LogP contribution in [-0.2, 0) is 12.8 Å². The molecule has 2 aromatic heterocycles. The van der Waals surface area contributed by atoms with Crippen LogP contribution < -0.4 is 10.9 Å². The van der Waals surface area contributed by atoms with Crippen LogP contribution >= 0.6 is 0 Å². The van der Waals surface area contributed by atoms with Crippen molar-refractivity contribution in [2.24, 2.45) is 0 Å². The zero-order valence-corrected chi connectivity index (χ0v) is 20.0. The van der Waals surface area contributed by atoms with Crippen LogP contribution in [0.4, 0.5) is 0 Å². The zero-order chi connectivity index (χ0) is 28.0. The monoisotopic (exact) mass is 526 g/mol. The Kier molecular flexibility index (Phi) is 8.84. The number of hydrogen-bond acceptors (Lipinski definition) is 8. The molecule has 0 amide bonds. The molecule has 0 unspecified atom stereocenters. The Bertz CT molecular complexity index is 1620. The van der Waals surface area contributed by atoms with Crippen molar-refractivity contribution in [3.8, 4) is 11.5 Å². The van der Waals surface area contributed by atoms with Crippen LogP contribution in [0.3, 0.4) is 0 Å². The number of aromatic amines is 2. The van der Waals surface area contributed by atoms with Crippen molar-refractivity contribution in [3.63, 3.8) is 0 Å². The van der Waals surface area contributed by atoms with E-state index in [1.807, 2.05) is 0 Å². The average molecular weight is 526 g/mol. The molecule has 12 nitrogen and oxygen atoms in total. The molecule has 0 fully saturated rings. The third kappa shape index (κ3) is 6.17. The van der Waals surface area contributed by atoms with Crippen LogP contribution in [0.1, 0.15) is 44.9 Å². The number of carboxylic acid groups (broad SMARTS) is 2. The number of aromatic carboxylic acids is 2. The van der Waals surface area contributed by atoms with Gasteiger partial charge >= 0.3 is 11.9 Å². The number of carboxylic acids is 2. The summed E-state index contributed by atoms with van der Waals surface area (Å²) in [7, 11) is 0. The van der Waals surface area contributed by atoms with Crippen LogP contribution in [0.15, 0.2) is 46.0 Å². The van der Waals surface area contributed by atoms with E-state index in [9.17, 15) is 29.4 Å². The molecule has 200 valence electrons. The topological polar surface area (TPSA) is 221 Å². The molecule has 0 atom stereocenters. The van der Waals surface area contributed by atoms with Gasteiger partial charge in [-0.3, -0.25) is 9.59 Å². The second-order valence-electron chi connectivity index (χ2n) is 8.39. The average Bonchev–Trinajstić information content (AvgIpc) is 2.88. The van der Waals surface area contributed by atoms with Crippen LogP contribution in [0.25, 0.3) is 21.8 Å². The summed E-state index contributed by atoms with van der Waals surface area (Å²) < 4.78 is 0. The zero-order valence-electron chi connectivity index (χ0n) is 20.0. The van der Waals surface area contributed by atoms with E-state index in [1.54, 1.807) is 12.1 Å². The summed E-state index contributed by atoms with van der Waals surface area (Å²) in [6.07, 6.45) is 1.97. The molecule has 4 rings (SSSR count). The van der Waals surface area contributed by atoms with Gasteiger partial charge in [-0.1, -0.05) is 6.07 Å². The maximum Gasteiger partial charge on any atom is 0.352 e. The number of benzene rings is 2. The molecule has 12 heteroatoms. The molecule has 0 spiro atoms. The van der Waals surface area contributed by atoms with E-state index in [0.717, 1.165) is 12.1 Å². The van der Waals surface area contributed by atoms with Crippen molar-refractivity contribution in [2.45, 2.75) is 25.7 Å². The lowest BCUT2D eigenvalue weighted by molar-refractivity contribution is 0.0680. The number of pyridine rings is 2. The van der Waals surface area contributed by atoms with Gasteiger partial charge in [-0.2, -0.15) is 0 Å². The quantitative estimate of drug-likeness (QED) is 0.166.